The maximum Gasteiger partial charge on any atom is 0.317 e. The van der Waals surface area contributed by atoms with Crippen molar-refractivity contribution in [1.29, 1.82) is 0 Å². The van der Waals surface area contributed by atoms with Crippen molar-refractivity contribution in [2.75, 3.05) is 39.9 Å². The van der Waals surface area contributed by atoms with Gasteiger partial charge in [0.05, 0.1) is 18.8 Å². The average molecular weight is 397 g/mol. The first-order valence-electron chi connectivity index (χ1n) is 9.98. The SMILES string of the molecule is CCCNC(=O)N1CCC(O)(c2csc(CN3CCCC3COC)n2)CC1. The fourth-order valence-corrected chi connectivity index (χ4v) is 4.85. The number of amides is 2. The summed E-state index contributed by atoms with van der Waals surface area (Å²) in [5, 5.41) is 17.0. The number of rotatable bonds is 7. The number of carbonyl (C=O) groups is 1. The number of aromatic nitrogens is 1. The van der Waals surface area contributed by atoms with E-state index >= 15 is 0 Å². The second kappa shape index (κ2) is 9.32. The van der Waals surface area contributed by atoms with Crippen molar-refractivity contribution in [3.8, 4) is 0 Å². The Hall–Kier alpha value is -1.22. The standard InChI is InChI=1S/C19H32N4O3S/c1-3-8-20-18(24)22-10-6-19(25,7-11-22)16-14-27-17(21-16)12-23-9-4-5-15(23)13-26-2/h14-15,25H,3-13H2,1-2H3,(H,20,24). The number of hydrogen-bond donors (Lipinski definition) is 2. The molecule has 152 valence electrons. The van der Waals surface area contributed by atoms with Crippen LogP contribution >= 0.6 is 11.3 Å². The third-order valence-electron chi connectivity index (χ3n) is 5.63. The molecule has 1 aromatic heterocycles. The summed E-state index contributed by atoms with van der Waals surface area (Å²) in [6.07, 6.45) is 4.36. The number of thiazole rings is 1. The monoisotopic (exact) mass is 396 g/mol. The first kappa shape index (κ1) is 20.5. The summed E-state index contributed by atoms with van der Waals surface area (Å²) in [6.45, 7) is 6.50. The van der Waals surface area contributed by atoms with Crippen LogP contribution in [-0.4, -0.2) is 71.9 Å². The number of carbonyl (C=O) groups excluding carboxylic acids is 1. The average Bonchev–Trinajstić information content (AvgIpc) is 3.31. The Morgan fingerprint density at radius 2 is 2.22 bits per heavy atom. The van der Waals surface area contributed by atoms with Crippen LogP contribution in [0.5, 0.6) is 0 Å². The van der Waals surface area contributed by atoms with Crippen LogP contribution in [0.15, 0.2) is 5.38 Å². The van der Waals surface area contributed by atoms with Crippen LogP contribution in [0.1, 0.15) is 49.7 Å². The molecule has 2 aliphatic heterocycles. The Bertz CT molecular complexity index is 616. The van der Waals surface area contributed by atoms with E-state index in [1.54, 1.807) is 23.3 Å². The molecule has 7 nitrogen and oxygen atoms in total. The van der Waals surface area contributed by atoms with Gasteiger partial charge in [0.2, 0.25) is 0 Å². The predicted octanol–water partition coefficient (Wildman–Crippen LogP) is 2.16. The van der Waals surface area contributed by atoms with Gasteiger partial charge in [-0.25, -0.2) is 9.78 Å². The lowest BCUT2D eigenvalue weighted by atomic mass is 9.89. The lowest BCUT2D eigenvalue weighted by Crippen LogP contribution is -2.49. The topological polar surface area (TPSA) is 77.9 Å². The Morgan fingerprint density at radius 1 is 1.44 bits per heavy atom. The molecule has 2 fully saturated rings. The van der Waals surface area contributed by atoms with Gasteiger partial charge in [0.1, 0.15) is 10.6 Å². The number of urea groups is 1. The molecule has 0 bridgehead atoms. The van der Waals surface area contributed by atoms with Crippen LogP contribution in [0, 0.1) is 0 Å². The number of methoxy groups -OCH3 is 1. The van der Waals surface area contributed by atoms with Gasteiger partial charge in [-0.15, -0.1) is 11.3 Å². The Balaban J connectivity index is 1.55. The zero-order chi connectivity index (χ0) is 19.3. The van der Waals surface area contributed by atoms with Gasteiger partial charge < -0.3 is 20.1 Å². The molecule has 3 rings (SSSR count). The minimum absolute atomic E-state index is 0.0314. The largest absolute Gasteiger partial charge is 0.383 e. The van der Waals surface area contributed by atoms with E-state index in [9.17, 15) is 9.90 Å². The second-order valence-electron chi connectivity index (χ2n) is 7.60. The molecular formula is C19H32N4O3S. The number of aliphatic hydroxyl groups is 1. The van der Waals surface area contributed by atoms with E-state index in [2.05, 4.69) is 10.2 Å². The molecule has 2 amide bonds. The molecule has 1 aromatic rings. The van der Waals surface area contributed by atoms with E-state index in [1.165, 1.54) is 12.8 Å². The van der Waals surface area contributed by atoms with Crippen molar-refractivity contribution >= 4 is 17.4 Å². The number of nitrogens with zero attached hydrogens (tertiary/aromatic N) is 3. The van der Waals surface area contributed by atoms with Crippen LogP contribution in [0.3, 0.4) is 0 Å². The number of ether oxygens (including phenoxy) is 1. The van der Waals surface area contributed by atoms with E-state index in [-0.39, 0.29) is 6.03 Å². The van der Waals surface area contributed by atoms with Crippen LogP contribution < -0.4 is 5.32 Å². The van der Waals surface area contributed by atoms with E-state index in [0.717, 1.165) is 36.8 Å². The first-order valence-corrected chi connectivity index (χ1v) is 10.9. The van der Waals surface area contributed by atoms with Crippen molar-refractivity contribution in [2.45, 2.75) is 57.2 Å². The fraction of sp³-hybridized carbons (Fsp3) is 0.789. The molecule has 0 saturated carbocycles. The summed E-state index contributed by atoms with van der Waals surface area (Å²) in [4.78, 5) is 21.1. The lowest BCUT2D eigenvalue weighted by Gasteiger charge is -2.37. The summed E-state index contributed by atoms with van der Waals surface area (Å²) in [5.41, 5.74) is -0.161. The van der Waals surface area contributed by atoms with E-state index < -0.39 is 5.60 Å². The quantitative estimate of drug-likeness (QED) is 0.738. The molecule has 0 aliphatic carbocycles. The summed E-state index contributed by atoms with van der Waals surface area (Å²) in [7, 11) is 1.75. The Labute approximate surface area is 165 Å². The zero-order valence-corrected chi connectivity index (χ0v) is 17.3. The molecule has 0 aromatic carbocycles. The first-order chi connectivity index (χ1) is 13.1. The highest BCUT2D eigenvalue weighted by Gasteiger charge is 2.37. The highest BCUT2D eigenvalue weighted by molar-refractivity contribution is 7.09. The minimum Gasteiger partial charge on any atom is -0.383 e. The fourth-order valence-electron chi connectivity index (χ4n) is 3.94. The smallest absolute Gasteiger partial charge is 0.317 e. The summed E-state index contributed by atoms with van der Waals surface area (Å²) in [5.74, 6) is 0. The van der Waals surface area contributed by atoms with Gasteiger partial charge in [-0.2, -0.15) is 0 Å². The van der Waals surface area contributed by atoms with Crippen molar-refractivity contribution in [2.24, 2.45) is 0 Å². The van der Waals surface area contributed by atoms with Crippen LogP contribution in [0.25, 0.3) is 0 Å². The molecule has 0 spiro atoms. The van der Waals surface area contributed by atoms with Crippen molar-refractivity contribution in [1.82, 2.24) is 20.1 Å². The molecule has 8 heteroatoms. The van der Waals surface area contributed by atoms with Gasteiger partial charge in [0.15, 0.2) is 0 Å². The third-order valence-corrected chi connectivity index (χ3v) is 6.46. The zero-order valence-electron chi connectivity index (χ0n) is 16.4. The van der Waals surface area contributed by atoms with Gasteiger partial charge >= 0.3 is 6.03 Å². The van der Waals surface area contributed by atoms with E-state index in [0.29, 0.717) is 38.5 Å². The number of nitrogens with one attached hydrogen (secondary N) is 1. The van der Waals surface area contributed by atoms with Gasteiger partial charge in [-0.3, -0.25) is 4.90 Å². The maximum absolute atomic E-state index is 12.1. The Kier molecular flexibility index (Phi) is 7.08. The number of hydrogen-bond acceptors (Lipinski definition) is 6. The molecule has 27 heavy (non-hydrogen) atoms. The molecule has 2 saturated heterocycles. The maximum atomic E-state index is 12.1. The van der Waals surface area contributed by atoms with Crippen molar-refractivity contribution in [3.63, 3.8) is 0 Å². The van der Waals surface area contributed by atoms with Gasteiger partial charge in [-0.05, 0) is 38.6 Å². The summed E-state index contributed by atoms with van der Waals surface area (Å²) in [6, 6.07) is 0.436. The lowest BCUT2D eigenvalue weighted by molar-refractivity contribution is -0.0200. The molecule has 3 heterocycles. The predicted molar refractivity (Wildman–Crippen MR) is 106 cm³/mol. The molecule has 1 unspecified atom stereocenters. The van der Waals surface area contributed by atoms with Crippen molar-refractivity contribution in [3.05, 3.63) is 16.1 Å². The molecular weight excluding hydrogens is 364 g/mol. The molecule has 0 radical (unpaired) electrons. The van der Waals surface area contributed by atoms with Gasteiger partial charge in [-0.1, -0.05) is 6.92 Å². The second-order valence-corrected chi connectivity index (χ2v) is 8.54. The Morgan fingerprint density at radius 3 is 2.93 bits per heavy atom. The van der Waals surface area contributed by atoms with Crippen LogP contribution in [0.4, 0.5) is 4.79 Å². The van der Waals surface area contributed by atoms with Crippen LogP contribution in [0.2, 0.25) is 0 Å². The summed E-state index contributed by atoms with van der Waals surface area (Å²) >= 11 is 1.62. The van der Waals surface area contributed by atoms with E-state index in [4.69, 9.17) is 9.72 Å². The summed E-state index contributed by atoms with van der Waals surface area (Å²) < 4.78 is 5.33. The minimum atomic E-state index is -0.923. The number of likely N-dealkylation sites (tertiary alicyclic amines) is 2. The van der Waals surface area contributed by atoms with Crippen molar-refractivity contribution < 1.29 is 14.6 Å². The third kappa shape index (κ3) is 4.99. The van der Waals surface area contributed by atoms with Gasteiger partial charge in [0.25, 0.3) is 0 Å². The molecule has 2 aliphatic rings. The van der Waals surface area contributed by atoms with E-state index in [1.807, 2.05) is 12.3 Å². The highest BCUT2D eigenvalue weighted by atomic mass is 32.1. The number of piperidine rings is 1. The highest BCUT2D eigenvalue weighted by Crippen LogP contribution is 2.34. The normalized spacial score (nSPS) is 22.9. The van der Waals surface area contributed by atoms with Crippen LogP contribution in [-0.2, 0) is 16.9 Å². The molecule has 1 atom stereocenters. The van der Waals surface area contributed by atoms with Gasteiger partial charge in [0, 0.05) is 38.2 Å². The molecule has 2 N–H and O–H groups in total.